The first kappa shape index (κ1) is 15.2. The van der Waals surface area contributed by atoms with E-state index in [1.807, 2.05) is 0 Å². The molecule has 2 N–H and O–H groups in total. The van der Waals surface area contributed by atoms with Crippen LogP contribution < -0.4 is 5.32 Å². The fourth-order valence-corrected chi connectivity index (χ4v) is 2.58. The summed E-state index contributed by atoms with van der Waals surface area (Å²) in [5.74, 6) is -2.81. The van der Waals surface area contributed by atoms with Crippen molar-refractivity contribution in [3.63, 3.8) is 0 Å². The lowest BCUT2D eigenvalue weighted by Crippen LogP contribution is -2.47. The summed E-state index contributed by atoms with van der Waals surface area (Å²) in [6.07, 6.45) is 1.82. The fourth-order valence-electron chi connectivity index (χ4n) is 2.58. The second-order valence-corrected chi connectivity index (χ2v) is 5.19. The van der Waals surface area contributed by atoms with Gasteiger partial charge in [-0.2, -0.15) is 0 Å². The number of ketones is 1. The summed E-state index contributed by atoms with van der Waals surface area (Å²) in [6, 6.07) is 3.89. The summed E-state index contributed by atoms with van der Waals surface area (Å²) in [6.45, 7) is 0. The smallest absolute Gasteiger partial charge is 0.326 e. The molecule has 0 unspecified atom stereocenters. The summed E-state index contributed by atoms with van der Waals surface area (Å²) in [5, 5.41) is 11.7. The van der Waals surface area contributed by atoms with E-state index in [9.17, 15) is 23.9 Å². The van der Waals surface area contributed by atoms with Crippen molar-refractivity contribution in [1.29, 1.82) is 0 Å². The van der Waals surface area contributed by atoms with Gasteiger partial charge in [-0.05, 0) is 37.0 Å². The molecule has 0 aromatic heterocycles. The van der Waals surface area contributed by atoms with Crippen molar-refractivity contribution in [1.82, 2.24) is 5.32 Å². The number of amides is 1. The van der Waals surface area contributed by atoms with Crippen molar-refractivity contribution < 1.29 is 23.9 Å². The van der Waals surface area contributed by atoms with Crippen molar-refractivity contribution in [3.05, 3.63) is 35.6 Å². The van der Waals surface area contributed by atoms with Crippen LogP contribution in [0.3, 0.4) is 0 Å². The molecule has 0 aliphatic heterocycles. The van der Waals surface area contributed by atoms with Gasteiger partial charge in [0.05, 0.1) is 0 Å². The van der Waals surface area contributed by atoms with Crippen molar-refractivity contribution in [2.75, 3.05) is 0 Å². The molecule has 0 saturated heterocycles. The first-order chi connectivity index (χ1) is 9.97. The van der Waals surface area contributed by atoms with E-state index in [1.54, 1.807) is 0 Å². The number of carboxylic acids is 1. The van der Waals surface area contributed by atoms with Crippen molar-refractivity contribution >= 4 is 17.7 Å². The maximum atomic E-state index is 13.1. The summed E-state index contributed by atoms with van der Waals surface area (Å²) in [7, 11) is 0. The molecule has 21 heavy (non-hydrogen) atoms. The number of hydrogen-bond donors (Lipinski definition) is 2. The number of carbonyl (C=O) groups is 3. The van der Waals surface area contributed by atoms with E-state index in [-0.39, 0.29) is 17.8 Å². The maximum absolute atomic E-state index is 13.1. The molecule has 1 aliphatic carbocycles. The van der Waals surface area contributed by atoms with Crippen molar-refractivity contribution in [2.24, 2.45) is 5.92 Å². The van der Waals surface area contributed by atoms with Crippen LogP contribution in [-0.2, 0) is 9.59 Å². The third kappa shape index (κ3) is 3.87. The number of carboxylic acid groups (broad SMARTS) is 1. The molecule has 112 valence electrons. The Kier molecular flexibility index (Phi) is 4.67. The van der Waals surface area contributed by atoms with E-state index in [2.05, 4.69) is 5.32 Å². The van der Waals surface area contributed by atoms with Gasteiger partial charge >= 0.3 is 5.97 Å². The van der Waals surface area contributed by atoms with E-state index < -0.39 is 29.7 Å². The lowest BCUT2D eigenvalue weighted by molar-refractivity contribution is -0.141. The number of benzene rings is 1. The largest absolute Gasteiger partial charge is 0.480 e. The Balaban J connectivity index is 2.11. The van der Waals surface area contributed by atoms with E-state index in [1.165, 1.54) is 18.2 Å². The lowest BCUT2D eigenvalue weighted by atomic mass is 9.83. The standard InChI is InChI=1S/C15H16FNO4/c16-11-5-1-4-10(7-11)14(19)17-13(15(20)21)9-3-2-6-12(18)8-9/h1,4-5,7,9,13H,2-3,6,8H2,(H,17,19)(H,20,21)/t9-,13+/m0/s1. The van der Waals surface area contributed by atoms with Crippen LogP contribution in [0.1, 0.15) is 36.0 Å². The van der Waals surface area contributed by atoms with Crippen molar-refractivity contribution in [3.8, 4) is 0 Å². The zero-order valence-corrected chi connectivity index (χ0v) is 11.3. The lowest BCUT2D eigenvalue weighted by Gasteiger charge is -2.27. The molecule has 0 bridgehead atoms. The van der Waals surface area contributed by atoms with Crippen LogP contribution in [0.4, 0.5) is 4.39 Å². The molecular formula is C15H16FNO4. The number of carbonyl (C=O) groups excluding carboxylic acids is 2. The zero-order chi connectivity index (χ0) is 15.4. The number of aliphatic carboxylic acids is 1. The molecule has 1 saturated carbocycles. The second kappa shape index (κ2) is 6.47. The van der Waals surface area contributed by atoms with Crippen LogP contribution in [0.15, 0.2) is 24.3 Å². The molecule has 1 amide bonds. The highest BCUT2D eigenvalue weighted by Gasteiger charge is 2.33. The molecule has 1 aromatic carbocycles. The highest BCUT2D eigenvalue weighted by atomic mass is 19.1. The maximum Gasteiger partial charge on any atom is 0.326 e. The van der Waals surface area contributed by atoms with Gasteiger partial charge < -0.3 is 10.4 Å². The van der Waals surface area contributed by atoms with Crippen LogP contribution in [-0.4, -0.2) is 28.8 Å². The first-order valence-corrected chi connectivity index (χ1v) is 6.78. The van der Waals surface area contributed by atoms with Crippen LogP contribution in [0, 0.1) is 11.7 Å². The highest BCUT2D eigenvalue weighted by Crippen LogP contribution is 2.24. The van der Waals surface area contributed by atoms with Crippen molar-refractivity contribution in [2.45, 2.75) is 31.7 Å². The number of nitrogens with one attached hydrogen (secondary N) is 1. The van der Waals surface area contributed by atoms with Gasteiger partial charge in [0.2, 0.25) is 0 Å². The van der Waals surface area contributed by atoms with Crippen LogP contribution in [0.5, 0.6) is 0 Å². The Hall–Kier alpha value is -2.24. The quantitative estimate of drug-likeness (QED) is 0.886. The van der Waals surface area contributed by atoms with Gasteiger partial charge in [0, 0.05) is 18.4 Å². The molecule has 5 nitrogen and oxygen atoms in total. The van der Waals surface area contributed by atoms with Gasteiger partial charge in [-0.15, -0.1) is 0 Å². The Morgan fingerprint density at radius 1 is 1.38 bits per heavy atom. The highest BCUT2D eigenvalue weighted by molar-refractivity contribution is 5.96. The van der Waals surface area contributed by atoms with Gasteiger partial charge in [0.1, 0.15) is 17.6 Å². The molecule has 6 heteroatoms. The second-order valence-electron chi connectivity index (χ2n) is 5.19. The molecule has 1 aromatic rings. The Morgan fingerprint density at radius 2 is 2.14 bits per heavy atom. The van der Waals surface area contributed by atoms with E-state index in [4.69, 9.17) is 0 Å². The Labute approximate surface area is 121 Å². The van der Waals surface area contributed by atoms with Gasteiger partial charge in [-0.3, -0.25) is 9.59 Å². The number of rotatable bonds is 4. The average Bonchev–Trinajstić information content (AvgIpc) is 2.44. The first-order valence-electron chi connectivity index (χ1n) is 6.78. The van der Waals surface area contributed by atoms with E-state index in [0.29, 0.717) is 19.3 Å². The minimum absolute atomic E-state index is 0.0116. The summed E-state index contributed by atoms with van der Waals surface area (Å²) in [5.41, 5.74) is 0.0587. The normalized spacial score (nSPS) is 19.9. The summed E-state index contributed by atoms with van der Waals surface area (Å²) < 4.78 is 13.1. The van der Waals surface area contributed by atoms with E-state index >= 15 is 0 Å². The predicted octanol–water partition coefficient (Wildman–Crippen LogP) is 1.77. The minimum atomic E-state index is -1.18. The molecule has 0 radical (unpaired) electrons. The van der Waals surface area contributed by atoms with Crippen LogP contribution in [0.25, 0.3) is 0 Å². The summed E-state index contributed by atoms with van der Waals surface area (Å²) in [4.78, 5) is 34.8. The minimum Gasteiger partial charge on any atom is -0.480 e. The predicted molar refractivity (Wildman–Crippen MR) is 72.3 cm³/mol. The molecule has 0 heterocycles. The monoisotopic (exact) mass is 293 g/mol. The molecular weight excluding hydrogens is 277 g/mol. The molecule has 1 fully saturated rings. The molecule has 1 aliphatic rings. The number of Topliss-reactive ketones (excluding diaryl/α,β-unsaturated/α-hetero) is 1. The van der Waals surface area contributed by atoms with Gasteiger partial charge in [0.15, 0.2) is 0 Å². The topological polar surface area (TPSA) is 83.5 Å². The summed E-state index contributed by atoms with van der Waals surface area (Å²) >= 11 is 0. The van der Waals surface area contributed by atoms with Gasteiger partial charge in [-0.1, -0.05) is 6.07 Å². The van der Waals surface area contributed by atoms with Gasteiger partial charge in [0.25, 0.3) is 5.91 Å². The van der Waals surface area contributed by atoms with Crippen LogP contribution >= 0.6 is 0 Å². The number of hydrogen-bond acceptors (Lipinski definition) is 3. The Bertz CT molecular complexity index is 573. The van der Waals surface area contributed by atoms with Crippen LogP contribution in [0.2, 0.25) is 0 Å². The third-order valence-electron chi connectivity index (χ3n) is 3.63. The molecule has 2 rings (SSSR count). The average molecular weight is 293 g/mol. The zero-order valence-electron chi connectivity index (χ0n) is 11.3. The number of halogens is 1. The SMILES string of the molecule is O=C1CCC[C@H]([C@@H](NC(=O)c2cccc(F)c2)C(=O)O)C1. The van der Waals surface area contributed by atoms with Gasteiger partial charge in [-0.25, -0.2) is 9.18 Å². The van der Waals surface area contributed by atoms with E-state index in [0.717, 1.165) is 6.07 Å². The molecule has 0 spiro atoms. The Morgan fingerprint density at radius 3 is 2.76 bits per heavy atom. The molecule has 2 atom stereocenters. The fraction of sp³-hybridized carbons (Fsp3) is 0.400. The third-order valence-corrected chi connectivity index (χ3v) is 3.63.